The molecule has 2 fully saturated rings. The SMILES string of the molecule is CCCCC[C@H](O)C=CC1CCC(=O)N1OCCCCCC(=O)O.CCOC(=O)CCCCCON1C(=O)CCC1CO. The van der Waals surface area contributed by atoms with E-state index in [-0.39, 0.29) is 42.9 Å². The number of hydrogen-bond donors (Lipinski definition) is 3. The van der Waals surface area contributed by atoms with Crippen molar-refractivity contribution in [1.29, 1.82) is 0 Å². The highest BCUT2D eigenvalue weighted by atomic mass is 16.7. The maximum absolute atomic E-state index is 11.9. The first-order valence-electron chi connectivity index (χ1n) is 16.0. The smallest absolute Gasteiger partial charge is 0.305 e. The van der Waals surface area contributed by atoms with E-state index >= 15 is 0 Å². The van der Waals surface area contributed by atoms with Gasteiger partial charge in [-0.05, 0) is 51.9 Å². The van der Waals surface area contributed by atoms with Crippen LogP contribution in [0.15, 0.2) is 12.2 Å². The molecule has 248 valence electrons. The van der Waals surface area contributed by atoms with Crippen LogP contribution in [0.4, 0.5) is 0 Å². The minimum Gasteiger partial charge on any atom is -0.481 e. The van der Waals surface area contributed by atoms with Crippen LogP contribution in [0, 0.1) is 0 Å². The van der Waals surface area contributed by atoms with Crippen molar-refractivity contribution in [2.45, 2.75) is 135 Å². The Morgan fingerprint density at radius 1 is 0.884 bits per heavy atom. The van der Waals surface area contributed by atoms with Crippen LogP contribution in [0.3, 0.4) is 0 Å². The number of esters is 1. The van der Waals surface area contributed by atoms with Gasteiger partial charge in [-0.15, -0.1) is 0 Å². The van der Waals surface area contributed by atoms with Gasteiger partial charge in [-0.2, -0.15) is 0 Å². The molecule has 3 atom stereocenters. The van der Waals surface area contributed by atoms with Crippen LogP contribution in [0.5, 0.6) is 0 Å². The number of aliphatic carboxylic acids is 1. The predicted octanol–water partition coefficient (Wildman–Crippen LogP) is 4.08. The average molecular weight is 615 g/mol. The Labute approximate surface area is 256 Å². The van der Waals surface area contributed by atoms with Crippen LogP contribution in [0.1, 0.15) is 117 Å². The highest BCUT2D eigenvalue weighted by molar-refractivity contribution is 5.78. The number of carboxylic acid groups (broad SMARTS) is 1. The van der Waals surface area contributed by atoms with Crippen molar-refractivity contribution in [3.8, 4) is 0 Å². The summed E-state index contributed by atoms with van der Waals surface area (Å²) in [4.78, 5) is 55.8. The zero-order valence-corrected chi connectivity index (χ0v) is 26.1. The first kappa shape index (κ1) is 38.5. The van der Waals surface area contributed by atoms with E-state index in [0.717, 1.165) is 57.8 Å². The zero-order chi connectivity index (χ0) is 31.9. The third kappa shape index (κ3) is 17.4. The Balaban J connectivity index is 0.000000442. The Hall–Kier alpha value is -2.54. The number of amides is 2. The molecule has 3 N–H and O–H groups in total. The minimum absolute atomic E-state index is 0.0318. The number of hydrogen-bond acceptors (Lipinski definition) is 9. The normalized spacial score (nSPS) is 19.2. The fourth-order valence-electron chi connectivity index (χ4n) is 4.71. The first-order valence-corrected chi connectivity index (χ1v) is 16.0. The summed E-state index contributed by atoms with van der Waals surface area (Å²) in [6.45, 7) is 5.12. The van der Waals surface area contributed by atoms with Crippen LogP contribution in [-0.2, 0) is 33.6 Å². The maximum atomic E-state index is 11.9. The van der Waals surface area contributed by atoms with E-state index in [1.165, 1.54) is 10.1 Å². The molecule has 2 rings (SSSR count). The molecule has 0 aliphatic carbocycles. The zero-order valence-electron chi connectivity index (χ0n) is 26.1. The number of unbranched alkanes of at least 4 members (excludes halogenated alkanes) is 6. The second-order valence-electron chi connectivity index (χ2n) is 10.9. The fraction of sp³-hybridized carbons (Fsp3) is 0.806. The van der Waals surface area contributed by atoms with Crippen molar-refractivity contribution in [2.24, 2.45) is 0 Å². The molecule has 0 spiro atoms. The minimum atomic E-state index is -0.784. The molecule has 43 heavy (non-hydrogen) atoms. The molecule has 2 saturated heterocycles. The lowest BCUT2D eigenvalue weighted by Gasteiger charge is -2.21. The summed E-state index contributed by atoms with van der Waals surface area (Å²) in [6.07, 6.45) is 14.5. The van der Waals surface area contributed by atoms with Crippen molar-refractivity contribution >= 4 is 23.8 Å². The highest BCUT2D eigenvalue weighted by Gasteiger charge is 2.31. The monoisotopic (exact) mass is 614 g/mol. The predicted molar refractivity (Wildman–Crippen MR) is 159 cm³/mol. The third-order valence-corrected chi connectivity index (χ3v) is 7.17. The van der Waals surface area contributed by atoms with Crippen LogP contribution in [0.2, 0.25) is 0 Å². The van der Waals surface area contributed by atoms with E-state index in [1.807, 2.05) is 6.08 Å². The van der Waals surface area contributed by atoms with Gasteiger partial charge in [0.25, 0.3) is 0 Å². The summed E-state index contributed by atoms with van der Waals surface area (Å²) in [6, 6.07) is -0.315. The lowest BCUT2D eigenvalue weighted by atomic mass is 10.1. The second-order valence-corrected chi connectivity index (χ2v) is 10.9. The van der Waals surface area contributed by atoms with Gasteiger partial charge < -0.3 is 20.1 Å². The van der Waals surface area contributed by atoms with Gasteiger partial charge in [0.1, 0.15) is 0 Å². The Bertz CT molecular complexity index is 837. The Morgan fingerprint density at radius 3 is 2.14 bits per heavy atom. The van der Waals surface area contributed by atoms with E-state index < -0.39 is 12.1 Å². The molecule has 0 aromatic rings. The van der Waals surface area contributed by atoms with Crippen LogP contribution >= 0.6 is 0 Å². The molecule has 2 unspecified atom stereocenters. The van der Waals surface area contributed by atoms with Crippen molar-refractivity contribution in [2.75, 3.05) is 26.4 Å². The molecule has 2 aliphatic heterocycles. The van der Waals surface area contributed by atoms with Gasteiger partial charge in [-0.3, -0.25) is 28.9 Å². The van der Waals surface area contributed by atoms with Gasteiger partial charge in [0.05, 0.1) is 44.6 Å². The number of carbonyl (C=O) groups excluding carboxylic acids is 3. The summed E-state index contributed by atoms with van der Waals surface area (Å²) < 4.78 is 4.82. The summed E-state index contributed by atoms with van der Waals surface area (Å²) in [5, 5.41) is 30.3. The number of carboxylic acids is 1. The Morgan fingerprint density at radius 2 is 1.51 bits per heavy atom. The average Bonchev–Trinajstić information content (AvgIpc) is 3.52. The fourth-order valence-corrected chi connectivity index (χ4v) is 4.71. The van der Waals surface area contributed by atoms with Gasteiger partial charge in [-0.25, -0.2) is 10.1 Å². The molecule has 2 aliphatic rings. The van der Waals surface area contributed by atoms with E-state index in [1.54, 1.807) is 13.0 Å². The summed E-state index contributed by atoms with van der Waals surface area (Å²) in [7, 11) is 0. The third-order valence-electron chi connectivity index (χ3n) is 7.17. The second kappa shape index (κ2) is 23.9. The van der Waals surface area contributed by atoms with Crippen molar-refractivity contribution < 1.29 is 48.9 Å². The molecular formula is C31H54N2O10. The largest absolute Gasteiger partial charge is 0.481 e. The van der Waals surface area contributed by atoms with Gasteiger partial charge in [0.15, 0.2) is 0 Å². The van der Waals surface area contributed by atoms with Crippen LogP contribution < -0.4 is 0 Å². The van der Waals surface area contributed by atoms with Gasteiger partial charge >= 0.3 is 11.9 Å². The number of ether oxygens (including phenoxy) is 1. The Kier molecular flexibility index (Phi) is 21.4. The molecule has 12 heteroatoms. The van der Waals surface area contributed by atoms with Gasteiger partial charge in [0.2, 0.25) is 11.8 Å². The van der Waals surface area contributed by atoms with Gasteiger partial charge in [0, 0.05) is 25.7 Å². The molecule has 0 aromatic carbocycles. The molecule has 0 bridgehead atoms. The van der Waals surface area contributed by atoms with E-state index in [2.05, 4.69) is 6.92 Å². The van der Waals surface area contributed by atoms with Gasteiger partial charge in [-0.1, -0.05) is 51.2 Å². The van der Waals surface area contributed by atoms with Crippen molar-refractivity contribution in [3.63, 3.8) is 0 Å². The molecule has 2 amide bonds. The number of aliphatic hydroxyl groups is 2. The summed E-state index contributed by atoms with van der Waals surface area (Å²) >= 11 is 0. The molecule has 2 heterocycles. The number of carbonyl (C=O) groups is 4. The standard InChI is InChI=1S/C18H31NO5.C13H23NO5/c1-2-3-5-8-16(20)12-10-15-11-13-17(21)19(15)24-14-7-4-6-9-18(22)23;1-2-18-13(17)6-4-3-5-9-19-14-11(10-15)7-8-12(14)16/h10,12,15-16,20H,2-9,11,13-14H2,1H3,(H,22,23);11,15H,2-10H2,1H3/t15?,16-;/m0./s1. The van der Waals surface area contributed by atoms with Crippen molar-refractivity contribution in [3.05, 3.63) is 12.2 Å². The topological polar surface area (TPSA) is 163 Å². The number of aliphatic hydroxyl groups excluding tert-OH is 2. The maximum Gasteiger partial charge on any atom is 0.305 e. The number of nitrogens with zero attached hydrogens (tertiary/aromatic N) is 2. The van der Waals surface area contributed by atoms with E-state index in [4.69, 9.17) is 24.6 Å². The number of hydroxylamine groups is 4. The quantitative estimate of drug-likeness (QED) is 0.0920. The molecule has 0 radical (unpaired) electrons. The molecular weight excluding hydrogens is 560 g/mol. The van der Waals surface area contributed by atoms with E-state index in [0.29, 0.717) is 58.3 Å². The lowest BCUT2D eigenvalue weighted by molar-refractivity contribution is -0.193. The number of rotatable bonds is 22. The van der Waals surface area contributed by atoms with Crippen LogP contribution in [0.25, 0.3) is 0 Å². The lowest BCUT2D eigenvalue weighted by Crippen LogP contribution is -2.35. The van der Waals surface area contributed by atoms with Crippen molar-refractivity contribution in [1.82, 2.24) is 10.1 Å². The summed E-state index contributed by atoms with van der Waals surface area (Å²) in [5.41, 5.74) is 0. The summed E-state index contributed by atoms with van der Waals surface area (Å²) in [5.74, 6) is -1.05. The van der Waals surface area contributed by atoms with E-state index in [9.17, 15) is 24.3 Å². The highest BCUT2D eigenvalue weighted by Crippen LogP contribution is 2.21. The molecule has 0 saturated carbocycles. The molecule has 0 aromatic heterocycles. The van der Waals surface area contributed by atoms with Crippen LogP contribution in [-0.4, -0.2) is 93.8 Å². The first-order chi connectivity index (χ1) is 20.7. The molecule has 12 nitrogen and oxygen atoms in total.